The van der Waals surface area contributed by atoms with Crippen molar-refractivity contribution < 1.29 is 4.79 Å². The van der Waals surface area contributed by atoms with Crippen LogP contribution in [0.3, 0.4) is 0 Å². The van der Waals surface area contributed by atoms with Crippen LogP contribution < -0.4 is 5.32 Å². The van der Waals surface area contributed by atoms with E-state index in [0.29, 0.717) is 12.3 Å². The fraction of sp³-hybridized carbons (Fsp3) is 0.400. The highest BCUT2D eigenvalue weighted by molar-refractivity contribution is 5.95. The average Bonchev–Trinajstić information content (AvgIpc) is 3.11. The molecular weight excluding hydrogens is 312 g/mol. The quantitative estimate of drug-likeness (QED) is 0.714. The zero-order valence-corrected chi connectivity index (χ0v) is 15.4. The molecule has 2 aromatic heterocycles. The summed E-state index contributed by atoms with van der Waals surface area (Å²) in [6.07, 6.45) is 4.30. The Morgan fingerprint density at radius 3 is 2.92 bits per heavy atom. The number of nitrogens with one attached hydrogen (secondary N) is 2. The first-order valence-electron chi connectivity index (χ1n) is 8.82. The lowest BCUT2D eigenvalue weighted by Crippen LogP contribution is -2.16. The molecule has 0 atom stereocenters. The molecule has 2 N–H and O–H groups in total. The molecule has 2 heterocycles. The zero-order valence-electron chi connectivity index (χ0n) is 15.4. The van der Waals surface area contributed by atoms with Crippen LogP contribution in [0.5, 0.6) is 0 Å². The number of nitrogens with zero attached hydrogens (tertiary/aromatic N) is 2. The van der Waals surface area contributed by atoms with E-state index in [-0.39, 0.29) is 5.91 Å². The Labute approximate surface area is 148 Å². The summed E-state index contributed by atoms with van der Waals surface area (Å²) in [6.45, 7) is 6.47. The number of aromatic nitrogens is 3. The summed E-state index contributed by atoms with van der Waals surface area (Å²) in [5.41, 5.74) is 4.32. The fourth-order valence-electron chi connectivity index (χ4n) is 3.07. The molecule has 25 heavy (non-hydrogen) atoms. The third-order valence-corrected chi connectivity index (χ3v) is 4.54. The van der Waals surface area contributed by atoms with E-state index in [2.05, 4.69) is 48.3 Å². The van der Waals surface area contributed by atoms with Crippen molar-refractivity contribution in [3.8, 4) is 0 Å². The highest BCUT2D eigenvalue weighted by atomic mass is 16.1. The van der Waals surface area contributed by atoms with E-state index in [9.17, 15) is 4.79 Å². The Morgan fingerprint density at radius 2 is 2.16 bits per heavy atom. The highest BCUT2D eigenvalue weighted by Crippen LogP contribution is 2.22. The van der Waals surface area contributed by atoms with Gasteiger partial charge in [-0.25, -0.2) is 0 Å². The Morgan fingerprint density at radius 1 is 1.36 bits per heavy atom. The molecule has 5 nitrogen and oxygen atoms in total. The van der Waals surface area contributed by atoms with E-state index in [0.717, 1.165) is 40.8 Å². The van der Waals surface area contributed by atoms with Crippen LogP contribution in [0.1, 0.15) is 37.1 Å². The minimum atomic E-state index is -0.0270. The van der Waals surface area contributed by atoms with Gasteiger partial charge in [-0.1, -0.05) is 32.0 Å². The Kier molecular flexibility index (Phi) is 4.93. The number of amides is 1. The van der Waals surface area contributed by atoms with Crippen LogP contribution in [0.15, 0.2) is 30.5 Å². The molecule has 5 heteroatoms. The predicted molar refractivity (Wildman–Crippen MR) is 102 cm³/mol. The maximum atomic E-state index is 12.5. The molecule has 0 aliphatic heterocycles. The Bertz CT molecular complexity index is 888. The van der Waals surface area contributed by atoms with Gasteiger partial charge in [-0.05, 0) is 36.8 Å². The summed E-state index contributed by atoms with van der Waals surface area (Å²) in [5, 5.41) is 8.58. The molecule has 0 radical (unpaired) electrons. The number of carbonyl (C=O) groups excluding carboxylic acids is 1. The third kappa shape index (κ3) is 3.92. The second kappa shape index (κ2) is 7.13. The van der Waals surface area contributed by atoms with Gasteiger partial charge < -0.3 is 10.3 Å². The molecule has 0 saturated heterocycles. The number of aryl methyl sites for hydroxylation is 3. The molecule has 0 unspecified atom stereocenters. The molecule has 1 amide bonds. The maximum absolute atomic E-state index is 12.5. The van der Waals surface area contributed by atoms with Crippen molar-refractivity contribution >= 4 is 22.6 Å². The summed E-state index contributed by atoms with van der Waals surface area (Å²) in [6, 6.07) is 8.11. The number of para-hydroxylation sites is 1. The van der Waals surface area contributed by atoms with E-state index in [1.165, 1.54) is 5.56 Å². The first-order chi connectivity index (χ1) is 11.9. The van der Waals surface area contributed by atoms with E-state index in [1.807, 2.05) is 25.4 Å². The van der Waals surface area contributed by atoms with Gasteiger partial charge in [0.05, 0.1) is 12.1 Å². The second-order valence-corrected chi connectivity index (χ2v) is 7.11. The zero-order chi connectivity index (χ0) is 18.0. The van der Waals surface area contributed by atoms with Gasteiger partial charge in [0.2, 0.25) is 5.91 Å². The monoisotopic (exact) mass is 338 g/mol. The number of aromatic amines is 1. The van der Waals surface area contributed by atoms with Crippen LogP contribution in [-0.2, 0) is 24.7 Å². The minimum Gasteiger partial charge on any atom is -0.361 e. The summed E-state index contributed by atoms with van der Waals surface area (Å²) >= 11 is 0. The van der Waals surface area contributed by atoms with Gasteiger partial charge in [0.15, 0.2) is 0 Å². The van der Waals surface area contributed by atoms with Gasteiger partial charge >= 0.3 is 0 Å². The van der Waals surface area contributed by atoms with Crippen LogP contribution in [-0.4, -0.2) is 20.7 Å². The number of anilines is 1. The number of fused-ring (bicyclic) bond motifs is 1. The topological polar surface area (TPSA) is 62.7 Å². The summed E-state index contributed by atoms with van der Waals surface area (Å²) in [4.78, 5) is 15.7. The van der Waals surface area contributed by atoms with Gasteiger partial charge in [-0.3, -0.25) is 9.48 Å². The van der Waals surface area contributed by atoms with Crippen LogP contribution in [0.2, 0.25) is 0 Å². The van der Waals surface area contributed by atoms with Gasteiger partial charge in [0.25, 0.3) is 0 Å². The molecule has 0 saturated carbocycles. The van der Waals surface area contributed by atoms with Crippen LogP contribution >= 0.6 is 0 Å². The minimum absolute atomic E-state index is 0.0270. The number of hydrogen-bond acceptors (Lipinski definition) is 2. The molecular formula is C20H26N4O. The molecule has 0 fully saturated rings. The number of carbonyl (C=O) groups is 1. The average molecular weight is 338 g/mol. The number of hydrogen-bond donors (Lipinski definition) is 2. The van der Waals surface area contributed by atoms with Crippen molar-refractivity contribution in [1.82, 2.24) is 14.8 Å². The predicted octanol–water partition coefficient (Wildman–Crippen LogP) is 3.98. The normalized spacial score (nSPS) is 11.4. The molecule has 0 aliphatic rings. The third-order valence-electron chi connectivity index (χ3n) is 4.54. The maximum Gasteiger partial charge on any atom is 0.230 e. The Hall–Kier alpha value is -2.56. The molecule has 1 aromatic carbocycles. The van der Waals surface area contributed by atoms with Gasteiger partial charge in [-0.2, -0.15) is 5.10 Å². The van der Waals surface area contributed by atoms with Gasteiger partial charge in [0, 0.05) is 30.2 Å². The number of rotatable bonds is 6. The van der Waals surface area contributed by atoms with Crippen molar-refractivity contribution in [1.29, 1.82) is 0 Å². The lowest BCUT2D eigenvalue weighted by molar-refractivity contribution is -0.115. The van der Waals surface area contributed by atoms with E-state index in [1.54, 1.807) is 4.68 Å². The van der Waals surface area contributed by atoms with Crippen molar-refractivity contribution in [2.24, 2.45) is 13.0 Å². The first kappa shape index (κ1) is 17.3. The second-order valence-electron chi connectivity index (χ2n) is 7.11. The molecule has 132 valence electrons. The van der Waals surface area contributed by atoms with Gasteiger partial charge in [0.1, 0.15) is 5.82 Å². The number of H-pyrrole nitrogens is 1. The van der Waals surface area contributed by atoms with Crippen molar-refractivity contribution in [2.45, 2.75) is 40.0 Å². The van der Waals surface area contributed by atoms with E-state index >= 15 is 0 Å². The molecule has 3 rings (SSSR count). The molecule has 0 bridgehead atoms. The lowest BCUT2D eigenvalue weighted by atomic mass is 10.1. The fourth-order valence-corrected chi connectivity index (χ4v) is 3.07. The smallest absolute Gasteiger partial charge is 0.230 e. The Balaban J connectivity index is 1.69. The first-order valence-corrected chi connectivity index (χ1v) is 8.82. The van der Waals surface area contributed by atoms with Crippen LogP contribution in [0.4, 0.5) is 5.82 Å². The summed E-state index contributed by atoms with van der Waals surface area (Å²) in [5.74, 6) is 1.37. The van der Waals surface area contributed by atoms with Crippen LogP contribution in [0, 0.1) is 12.8 Å². The SMILES string of the molecule is Cc1cccc2c(CC(=O)Nc3cc(CCC(C)C)nn3C)c[nH]c12. The van der Waals surface area contributed by atoms with E-state index < -0.39 is 0 Å². The summed E-state index contributed by atoms with van der Waals surface area (Å²) < 4.78 is 1.74. The lowest BCUT2D eigenvalue weighted by Gasteiger charge is -2.04. The van der Waals surface area contributed by atoms with Gasteiger partial charge in [-0.15, -0.1) is 0 Å². The molecule has 3 aromatic rings. The molecule has 0 aliphatic carbocycles. The van der Waals surface area contributed by atoms with Crippen molar-refractivity contribution in [2.75, 3.05) is 5.32 Å². The van der Waals surface area contributed by atoms with Crippen molar-refractivity contribution in [3.63, 3.8) is 0 Å². The van der Waals surface area contributed by atoms with E-state index in [4.69, 9.17) is 0 Å². The standard InChI is InChI=1S/C20H26N4O/c1-13(2)8-9-16-11-18(24(4)23-16)22-19(25)10-15-12-21-20-14(3)6-5-7-17(15)20/h5-7,11-13,21H,8-10H2,1-4H3,(H,22,25). The highest BCUT2D eigenvalue weighted by Gasteiger charge is 2.13. The van der Waals surface area contributed by atoms with Crippen LogP contribution in [0.25, 0.3) is 10.9 Å². The number of benzene rings is 1. The molecule has 0 spiro atoms. The largest absolute Gasteiger partial charge is 0.361 e. The summed E-state index contributed by atoms with van der Waals surface area (Å²) in [7, 11) is 1.86. The van der Waals surface area contributed by atoms with Crippen molar-refractivity contribution in [3.05, 3.63) is 47.3 Å².